The molecule has 5 rings (SSSR count). The zero-order valence-corrected chi connectivity index (χ0v) is 18.7. The molecule has 2 aromatic carbocycles. The second-order valence-corrected chi connectivity index (χ2v) is 8.51. The molecule has 0 N–H and O–H groups in total. The molecule has 1 aliphatic heterocycles. The number of hydrogen-bond donors (Lipinski definition) is 0. The molecule has 0 bridgehead atoms. The molecule has 5 nitrogen and oxygen atoms in total. The Balaban J connectivity index is 1.54. The van der Waals surface area contributed by atoms with Crippen molar-refractivity contribution in [2.45, 2.75) is 13.3 Å². The number of aromatic nitrogens is 2. The Labute approximate surface area is 188 Å². The minimum Gasteiger partial charge on any atom is -0.368 e. The van der Waals surface area contributed by atoms with Crippen LogP contribution in [0, 0.1) is 6.92 Å². The number of rotatable bonds is 3. The maximum absolute atomic E-state index is 14.0. The lowest BCUT2D eigenvalue weighted by atomic mass is 10.0. The first-order chi connectivity index (χ1) is 15.6. The van der Waals surface area contributed by atoms with E-state index in [1.165, 1.54) is 0 Å². The maximum Gasteiger partial charge on any atom is 0.256 e. The molecule has 1 saturated heterocycles. The second kappa shape index (κ2) is 8.50. The highest BCUT2D eigenvalue weighted by Gasteiger charge is 2.27. The van der Waals surface area contributed by atoms with Crippen molar-refractivity contribution < 1.29 is 4.79 Å². The smallest absolute Gasteiger partial charge is 0.256 e. The summed E-state index contributed by atoms with van der Waals surface area (Å²) < 4.78 is 2.16. The SMILES string of the molecule is Cc1ccc2c(c1)c(C(=O)N1CCCN(c3cccnc3)CC1)c(-c1ccccc1)n2C. The quantitative estimate of drug-likeness (QED) is 0.470. The molecule has 0 unspecified atom stereocenters. The van der Waals surface area contributed by atoms with Crippen LogP contribution in [0.1, 0.15) is 22.3 Å². The van der Waals surface area contributed by atoms with E-state index in [9.17, 15) is 4.79 Å². The van der Waals surface area contributed by atoms with Crippen LogP contribution in [0.2, 0.25) is 0 Å². The summed E-state index contributed by atoms with van der Waals surface area (Å²) in [4.78, 5) is 22.6. The molecule has 3 heterocycles. The van der Waals surface area contributed by atoms with Gasteiger partial charge in [-0.05, 0) is 43.2 Å². The fourth-order valence-corrected chi connectivity index (χ4v) is 4.79. The van der Waals surface area contributed by atoms with Crippen LogP contribution in [0.5, 0.6) is 0 Å². The molecule has 0 aliphatic carbocycles. The van der Waals surface area contributed by atoms with Crippen LogP contribution in [0.15, 0.2) is 73.1 Å². The second-order valence-electron chi connectivity index (χ2n) is 8.51. The Morgan fingerprint density at radius 3 is 2.56 bits per heavy atom. The molecule has 2 aromatic heterocycles. The molecule has 1 aliphatic rings. The van der Waals surface area contributed by atoms with Crippen LogP contribution in [0.4, 0.5) is 5.69 Å². The number of fused-ring (bicyclic) bond motifs is 1. The predicted molar refractivity (Wildman–Crippen MR) is 130 cm³/mol. The molecular formula is C27H28N4O. The van der Waals surface area contributed by atoms with Gasteiger partial charge in [0, 0.05) is 50.3 Å². The highest BCUT2D eigenvalue weighted by molar-refractivity contribution is 6.13. The van der Waals surface area contributed by atoms with E-state index < -0.39 is 0 Å². The molecule has 5 heteroatoms. The number of carbonyl (C=O) groups excluding carboxylic acids is 1. The molecule has 32 heavy (non-hydrogen) atoms. The zero-order valence-electron chi connectivity index (χ0n) is 18.7. The molecule has 0 spiro atoms. The van der Waals surface area contributed by atoms with Gasteiger partial charge in [-0.3, -0.25) is 9.78 Å². The van der Waals surface area contributed by atoms with Crippen molar-refractivity contribution in [1.29, 1.82) is 0 Å². The summed E-state index contributed by atoms with van der Waals surface area (Å²) >= 11 is 0. The van der Waals surface area contributed by atoms with Gasteiger partial charge >= 0.3 is 0 Å². The van der Waals surface area contributed by atoms with Crippen molar-refractivity contribution >= 4 is 22.5 Å². The van der Waals surface area contributed by atoms with Crippen molar-refractivity contribution in [2.75, 3.05) is 31.1 Å². The van der Waals surface area contributed by atoms with Gasteiger partial charge < -0.3 is 14.4 Å². The van der Waals surface area contributed by atoms with Crippen molar-refractivity contribution in [2.24, 2.45) is 7.05 Å². The van der Waals surface area contributed by atoms with Crippen LogP contribution >= 0.6 is 0 Å². The first-order valence-electron chi connectivity index (χ1n) is 11.2. The Morgan fingerprint density at radius 1 is 0.938 bits per heavy atom. The van der Waals surface area contributed by atoms with E-state index in [1.807, 2.05) is 35.4 Å². The Hall–Kier alpha value is -3.60. The van der Waals surface area contributed by atoms with Crippen molar-refractivity contribution in [1.82, 2.24) is 14.5 Å². The van der Waals surface area contributed by atoms with Gasteiger partial charge in [-0.25, -0.2) is 0 Å². The van der Waals surface area contributed by atoms with Crippen LogP contribution < -0.4 is 4.90 Å². The van der Waals surface area contributed by atoms with Crippen LogP contribution in [0.25, 0.3) is 22.2 Å². The lowest BCUT2D eigenvalue weighted by Crippen LogP contribution is -2.35. The number of carbonyl (C=O) groups is 1. The normalized spacial score (nSPS) is 14.6. The van der Waals surface area contributed by atoms with Crippen LogP contribution in [-0.2, 0) is 7.05 Å². The largest absolute Gasteiger partial charge is 0.368 e. The van der Waals surface area contributed by atoms with Gasteiger partial charge in [0.15, 0.2) is 0 Å². The molecular weight excluding hydrogens is 396 g/mol. The van der Waals surface area contributed by atoms with E-state index in [0.717, 1.165) is 65.0 Å². The van der Waals surface area contributed by atoms with Gasteiger partial charge in [-0.1, -0.05) is 42.0 Å². The zero-order chi connectivity index (χ0) is 22.1. The molecule has 0 saturated carbocycles. The monoisotopic (exact) mass is 424 g/mol. The van der Waals surface area contributed by atoms with E-state index in [0.29, 0.717) is 6.54 Å². The summed E-state index contributed by atoms with van der Waals surface area (Å²) in [5.74, 6) is 0.119. The fourth-order valence-electron chi connectivity index (χ4n) is 4.79. The summed E-state index contributed by atoms with van der Waals surface area (Å²) in [5.41, 5.74) is 6.24. The predicted octanol–water partition coefficient (Wildman–Crippen LogP) is 4.90. The van der Waals surface area contributed by atoms with Gasteiger partial charge in [0.2, 0.25) is 0 Å². The standard InChI is InChI=1S/C27H28N4O/c1-20-11-12-24-23(18-20)25(26(29(24)2)21-8-4-3-5-9-21)27(32)31-15-7-14-30(16-17-31)22-10-6-13-28-19-22/h3-6,8-13,18-19H,7,14-17H2,1-2H3. The first kappa shape index (κ1) is 20.3. The van der Waals surface area contributed by atoms with Crippen molar-refractivity contribution in [3.8, 4) is 11.3 Å². The molecule has 0 radical (unpaired) electrons. The number of hydrogen-bond acceptors (Lipinski definition) is 3. The molecule has 1 amide bonds. The summed E-state index contributed by atoms with van der Waals surface area (Å²) in [6.07, 6.45) is 4.63. The molecule has 0 atom stereocenters. The minimum absolute atomic E-state index is 0.119. The van der Waals surface area contributed by atoms with E-state index >= 15 is 0 Å². The number of pyridine rings is 1. The lowest BCUT2D eigenvalue weighted by molar-refractivity contribution is 0.0769. The third kappa shape index (κ3) is 3.64. The van der Waals surface area contributed by atoms with Crippen LogP contribution in [-0.4, -0.2) is 46.5 Å². The molecule has 1 fully saturated rings. The third-order valence-corrected chi connectivity index (χ3v) is 6.41. The number of amides is 1. The number of anilines is 1. The Kier molecular flexibility index (Phi) is 5.39. The maximum atomic E-state index is 14.0. The van der Waals surface area contributed by atoms with E-state index in [2.05, 4.69) is 64.8 Å². The highest BCUT2D eigenvalue weighted by Crippen LogP contribution is 2.34. The minimum atomic E-state index is 0.119. The van der Waals surface area contributed by atoms with Crippen molar-refractivity contribution in [3.63, 3.8) is 0 Å². The fraction of sp³-hybridized carbons (Fsp3) is 0.259. The van der Waals surface area contributed by atoms with E-state index in [1.54, 1.807) is 6.20 Å². The third-order valence-electron chi connectivity index (χ3n) is 6.41. The average molecular weight is 425 g/mol. The Bertz CT molecular complexity index is 1250. The van der Waals surface area contributed by atoms with Gasteiger partial charge in [0.25, 0.3) is 5.91 Å². The van der Waals surface area contributed by atoms with Gasteiger partial charge in [0.05, 0.1) is 23.1 Å². The van der Waals surface area contributed by atoms with Crippen molar-refractivity contribution in [3.05, 3.63) is 84.2 Å². The average Bonchev–Trinajstić information content (AvgIpc) is 2.96. The van der Waals surface area contributed by atoms with Crippen LogP contribution in [0.3, 0.4) is 0 Å². The van der Waals surface area contributed by atoms with Gasteiger partial charge in [0.1, 0.15) is 0 Å². The topological polar surface area (TPSA) is 41.4 Å². The first-order valence-corrected chi connectivity index (χ1v) is 11.2. The number of aryl methyl sites for hydroxylation is 2. The summed E-state index contributed by atoms with van der Waals surface area (Å²) in [7, 11) is 2.06. The van der Waals surface area contributed by atoms with Gasteiger partial charge in [-0.2, -0.15) is 0 Å². The molecule has 162 valence electrons. The lowest BCUT2D eigenvalue weighted by Gasteiger charge is -2.23. The summed E-state index contributed by atoms with van der Waals surface area (Å²) in [6, 6.07) is 20.7. The van der Waals surface area contributed by atoms with Gasteiger partial charge in [-0.15, -0.1) is 0 Å². The summed E-state index contributed by atoms with van der Waals surface area (Å²) in [5, 5.41) is 1.03. The number of nitrogens with zero attached hydrogens (tertiary/aromatic N) is 4. The summed E-state index contributed by atoms with van der Waals surface area (Å²) in [6.45, 7) is 5.27. The highest BCUT2D eigenvalue weighted by atomic mass is 16.2. The molecule has 4 aromatic rings. The van der Waals surface area contributed by atoms with E-state index in [4.69, 9.17) is 0 Å². The Morgan fingerprint density at radius 2 is 1.78 bits per heavy atom. The number of benzene rings is 2. The van der Waals surface area contributed by atoms with E-state index in [-0.39, 0.29) is 5.91 Å².